The minimum Gasteiger partial charge on any atom is -0.350 e. The van der Waals surface area contributed by atoms with Gasteiger partial charge in [0.2, 0.25) is 0 Å². The number of nitrogens with zero attached hydrogens (tertiary/aromatic N) is 1. The van der Waals surface area contributed by atoms with Gasteiger partial charge in [-0.2, -0.15) is 0 Å². The van der Waals surface area contributed by atoms with Gasteiger partial charge in [0.05, 0.1) is 10.6 Å². The molecule has 7 heteroatoms. The Balaban J connectivity index is 2.14. The van der Waals surface area contributed by atoms with Crippen LogP contribution in [0.3, 0.4) is 0 Å². The number of imide groups is 1. The molecule has 0 saturated heterocycles. The molecule has 1 N–H and O–H groups in total. The number of carbonyl (C=O) groups excluding carboxylic acids is 2. The Kier molecular flexibility index (Phi) is 4.30. The average molecular weight is 365 g/mol. The van der Waals surface area contributed by atoms with E-state index in [0.717, 1.165) is 4.90 Å². The molecule has 2 aromatic carbocycles. The summed E-state index contributed by atoms with van der Waals surface area (Å²) in [4.78, 5) is 25.8. The standard InChI is InChI=1S/C17H11Cl2FN2O2/c1-22-16(23)14(12-6-5-9(18)7-13(12)19)15(17(22)24)21-11-4-2-3-10(20)8-11/h2-8,21H,1H3. The molecule has 1 aliphatic rings. The van der Waals surface area contributed by atoms with Crippen LogP contribution in [0.2, 0.25) is 10.0 Å². The molecule has 2 amide bonds. The van der Waals surface area contributed by atoms with Crippen LogP contribution in [0.25, 0.3) is 5.57 Å². The van der Waals surface area contributed by atoms with E-state index >= 15 is 0 Å². The summed E-state index contributed by atoms with van der Waals surface area (Å²) < 4.78 is 13.4. The second kappa shape index (κ2) is 6.26. The van der Waals surface area contributed by atoms with Crippen molar-refractivity contribution in [3.8, 4) is 0 Å². The van der Waals surface area contributed by atoms with Gasteiger partial charge < -0.3 is 5.32 Å². The van der Waals surface area contributed by atoms with E-state index in [2.05, 4.69) is 5.32 Å². The fourth-order valence-corrected chi connectivity index (χ4v) is 2.91. The number of likely N-dealkylation sites (N-methyl/N-ethyl adjacent to an activating group) is 1. The average Bonchev–Trinajstić information content (AvgIpc) is 2.73. The molecule has 122 valence electrons. The molecule has 0 saturated carbocycles. The van der Waals surface area contributed by atoms with Crippen molar-refractivity contribution in [2.45, 2.75) is 0 Å². The Morgan fingerprint density at radius 2 is 1.79 bits per heavy atom. The monoisotopic (exact) mass is 364 g/mol. The van der Waals surface area contributed by atoms with Gasteiger partial charge in [-0.25, -0.2) is 4.39 Å². The second-order valence-corrected chi connectivity index (χ2v) is 6.02. The molecule has 2 aromatic rings. The summed E-state index contributed by atoms with van der Waals surface area (Å²) in [6.07, 6.45) is 0. The Morgan fingerprint density at radius 1 is 1.04 bits per heavy atom. The molecular weight excluding hydrogens is 354 g/mol. The van der Waals surface area contributed by atoms with Crippen LogP contribution in [0.1, 0.15) is 5.56 Å². The van der Waals surface area contributed by atoms with Crippen LogP contribution >= 0.6 is 23.2 Å². The summed E-state index contributed by atoms with van der Waals surface area (Å²) in [6.45, 7) is 0. The van der Waals surface area contributed by atoms with Gasteiger partial charge in [-0.15, -0.1) is 0 Å². The zero-order valence-electron chi connectivity index (χ0n) is 12.4. The van der Waals surface area contributed by atoms with Gasteiger partial charge in [0, 0.05) is 23.3 Å². The quantitative estimate of drug-likeness (QED) is 0.838. The molecule has 0 bridgehead atoms. The highest BCUT2D eigenvalue weighted by atomic mass is 35.5. The van der Waals surface area contributed by atoms with Gasteiger partial charge in [-0.3, -0.25) is 14.5 Å². The SMILES string of the molecule is CN1C(=O)C(Nc2cccc(F)c2)=C(c2ccc(Cl)cc2Cl)C1=O. The molecule has 0 aromatic heterocycles. The lowest BCUT2D eigenvalue weighted by Gasteiger charge is -2.09. The lowest BCUT2D eigenvalue weighted by Crippen LogP contribution is -2.27. The zero-order chi connectivity index (χ0) is 17.4. The number of nitrogens with one attached hydrogen (secondary N) is 1. The first-order valence-electron chi connectivity index (χ1n) is 6.93. The van der Waals surface area contributed by atoms with E-state index in [1.165, 1.54) is 31.3 Å². The van der Waals surface area contributed by atoms with Crippen LogP contribution in [-0.4, -0.2) is 23.8 Å². The fourth-order valence-electron chi connectivity index (χ4n) is 2.41. The first-order valence-corrected chi connectivity index (χ1v) is 7.68. The topological polar surface area (TPSA) is 49.4 Å². The highest BCUT2D eigenvalue weighted by Gasteiger charge is 2.37. The van der Waals surface area contributed by atoms with Crippen molar-refractivity contribution in [1.29, 1.82) is 0 Å². The van der Waals surface area contributed by atoms with Crippen LogP contribution in [0.5, 0.6) is 0 Å². The molecule has 1 aliphatic heterocycles. The van der Waals surface area contributed by atoms with Crippen molar-refractivity contribution in [1.82, 2.24) is 4.90 Å². The van der Waals surface area contributed by atoms with Crippen molar-refractivity contribution in [3.63, 3.8) is 0 Å². The largest absolute Gasteiger partial charge is 0.350 e. The number of hydrogen-bond acceptors (Lipinski definition) is 3. The van der Waals surface area contributed by atoms with Crippen molar-refractivity contribution >= 4 is 46.3 Å². The maximum atomic E-state index is 13.4. The number of anilines is 1. The Bertz CT molecular complexity index is 896. The molecule has 0 fully saturated rings. The Hall–Kier alpha value is -2.37. The van der Waals surface area contributed by atoms with Crippen LogP contribution in [0, 0.1) is 5.82 Å². The first kappa shape index (κ1) is 16.5. The summed E-state index contributed by atoms with van der Waals surface area (Å²) in [5.74, 6) is -1.48. The third-order valence-electron chi connectivity index (χ3n) is 3.58. The molecule has 24 heavy (non-hydrogen) atoms. The number of amides is 2. The van der Waals surface area contributed by atoms with E-state index in [9.17, 15) is 14.0 Å². The third-order valence-corrected chi connectivity index (χ3v) is 4.13. The fraction of sp³-hybridized carbons (Fsp3) is 0.0588. The van der Waals surface area contributed by atoms with Gasteiger partial charge >= 0.3 is 0 Å². The summed E-state index contributed by atoms with van der Waals surface area (Å²) in [6, 6.07) is 10.2. The number of benzene rings is 2. The summed E-state index contributed by atoms with van der Waals surface area (Å²) in [5.41, 5.74) is 0.887. The van der Waals surface area contributed by atoms with E-state index in [0.29, 0.717) is 16.3 Å². The Labute approximate surface area is 147 Å². The molecule has 4 nitrogen and oxygen atoms in total. The summed E-state index contributed by atoms with van der Waals surface area (Å²) in [7, 11) is 1.37. The lowest BCUT2D eigenvalue weighted by molar-refractivity contribution is -0.135. The van der Waals surface area contributed by atoms with Crippen LogP contribution in [0.4, 0.5) is 10.1 Å². The number of hydrogen-bond donors (Lipinski definition) is 1. The molecule has 0 unspecified atom stereocenters. The number of rotatable bonds is 3. The van der Waals surface area contributed by atoms with Crippen LogP contribution in [-0.2, 0) is 9.59 Å². The highest BCUT2D eigenvalue weighted by Crippen LogP contribution is 2.34. The molecule has 3 rings (SSSR count). The molecule has 0 aliphatic carbocycles. The summed E-state index contributed by atoms with van der Waals surface area (Å²) >= 11 is 12.1. The van der Waals surface area contributed by atoms with Crippen LogP contribution < -0.4 is 5.32 Å². The Morgan fingerprint density at radius 3 is 2.46 bits per heavy atom. The number of carbonyl (C=O) groups is 2. The maximum absolute atomic E-state index is 13.4. The van der Waals surface area contributed by atoms with Crippen molar-refractivity contribution in [2.75, 3.05) is 12.4 Å². The molecule has 1 heterocycles. The van der Waals surface area contributed by atoms with Gasteiger partial charge in [-0.1, -0.05) is 35.3 Å². The normalized spacial score (nSPS) is 14.6. The van der Waals surface area contributed by atoms with Gasteiger partial charge in [0.25, 0.3) is 11.8 Å². The highest BCUT2D eigenvalue weighted by molar-refractivity contribution is 6.41. The van der Waals surface area contributed by atoms with E-state index in [-0.39, 0.29) is 16.3 Å². The number of halogens is 3. The molecule has 0 atom stereocenters. The second-order valence-electron chi connectivity index (χ2n) is 5.18. The minimum absolute atomic E-state index is 0.0392. The minimum atomic E-state index is -0.523. The predicted molar refractivity (Wildman–Crippen MR) is 91.2 cm³/mol. The van der Waals surface area contributed by atoms with Gasteiger partial charge in [0.1, 0.15) is 11.5 Å². The van der Waals surface area contributed by atoms with Gasteiger partial charge in [0.15, 0.2) is 0 Å². The first-order chi connectivity index (χ1) is 11.4. The van der Waals surface area contributed by atoms with Crippen LogP contribution in [0.15, 0.2) is 48.2 Å². The smallest absolute Gasteiger partial charge is 0.277 e. The predicted octanol–water partition coefficient (Wildman–Crippen LogP) is 3.95. The molecule has 0 radical (unpaired) electrons. The van der Waals surface area contributed by atoms with E-state index in [1.54, 1.807) is 18.2 Å². The van der Waals surface area contributed by atoms with Crippen molar-refractivity contribution in [3.05, 3.63) is 69.6 Å². The van der Waals surface area contributed by atoms with Crippen molar-refractivity contribution in [2.24, 2.45) is 0 Å². The van der Waals surface area contributed by atoms with E-state index in [4.69, 9.17) is 23.2 Å². The van der Waals surface area contributed by atoms with Gasteiger partial charge in [-0.05, 0) is 30.3 Å². The third kappa shape index (κ3) is 2.88. The summed E-state index contributed by atoms with van der Waals surface area (Å²) in [5, 5.41) is 3.47. The molecular formula is C17H11Cl2FN2O2. The maximum Gasteiger partial charge on any atom is 0.277 e. The van der Waals surface area contributed by atoms with E-state index < -0.39 is 17.6 Å². The van der Waals surface area contributed by atoms with E-state index in [1.807, 2.05) is 0 Å². The lowest BCUT2D eigenvalue weighted by atomic mass is 10.0. The zero-order valence-corrected chi connectivity index (χ0v) is 14.0. The van der Waals surface area contributed by atoms with Crippen molar-refractivity contribution < 1.29 is 14.0 Å². The molecule has 0 spiro atoms.